The van der Waals surface area contributed by atoms with Crippen LogP contribution in [-0.2, 0) is 9.59 Å². The molecule has 1 aromatic carbocycles. The second-order valence-electron chi connectivity index (χ2n) is 13.7. The number of aldehydes is 1. The monoisotopic (exact) mass is 708 g/mol. The highest BCUT2D eigenvalue weighted by atomic mass is 127. The largest absolute Gasteiger partial charge is 0.493 e. The Morgan fingerprint density at radius 3 is 2.37 bits per heavy atom. The Morgan fingerprint density at radius 1 is 1.16 bits per heavy atom. The van der Waals surface area contributed by atoms with Crippen LogP contribution in [0.25, 0.3) is 0 Å². The van der Waals surface area contributed by atoms with Gasteiger partial charge in [-0.05, 0) is 108 Å². The van der Waals surface area contributed by atoms with E-state index in [2.05, 4.69) is 27.9 Å². The van der Waals surface area contributed by atoms with Gasteiger partial charge < -0.3 is 29.9 Å². The first kappa shape index (κ1) is 32.2. The zero-order chi connectivity index (χ0) is 30.9. The normalized spacial score (nSPS) is 31.0. The van der Waals surface area contributed by atoms with Gasteiger partial charge in [-0.15, -0.1) is 0 Å². The number of aliphatic hydroxyl groups excluding tert-OH is 2. The predicted molar refractivity (Wildman–Crippen MR) is 170 cm³/mol. The number of hydrogen-bond acceptors (Lipinski definition) is 7. The van der Waals surface area contributed by atoms with E-state index in [1.54, 1.807) is 18.2 Å². The van der Waals surface area contributed by atoms with E-state index >= 15 is 0 Å². The molecule has 5 aliphatic rings. The van der Waals surface area contributed by atoms with E-state index in [-0.39, 0.29) is 42.7 Å². The van der Waals surface area contributed by atoms with Crippen LogP contribution in [0.5, 0.6) is 11.5 Å². The Labute approximate surface area is 267 Å². The molecule has 4 bridgehead atoms. The zero-order valence-electron chi connectivity index (χ0n) is 25.4. The summed E-state index contributed by atoms with van der Waals surface area (Å²) in [4.78, 5) is 40.6. The molecular weight excluding hydrogens is 663 g/mol. The van der Waals surface area contributed by atoms with Gasteiger partial charge in [0, 0.05) is 37.1 Å². The quantitative estimate of drug-likeness (QED) is 0.221. The number of rotatable bonds is 12. The Hall–Kier alpha value is -2.18. The fourth-order valence-corrected chi connectivity index (χ4v) is 9.29. The smallest absolute Gasteiger partial charge is 0.247 e. The number of nitrogens with zero attached hydrogens (tertiary/aromatic N) is 1. The summed E-state index contributed by atoms with van der Waals surface area (Å²) < 4.78 is 12.5. The molecule has 3 atom stereocenters. The van der Waals surface area contributed by atoms with E-state index in [1.807, 2.05) is 18.7 Å². The lowest BCUT2D eigenvalue weighted by molar-refractivity contribution is -0.147. The number of aliphatic hydroxyl groups is 2. The van der Waals surface area contributed by atoms with E-state index in [0.717, 1.165) is 25.5 Å². The number of hydrogen-bond donors (Lipinski definition) is 3. The van der Waals surface area contributed by atoms with Crippen LogP contribution < -0.4 is 14.8 Å². The molecular formula is C33H45IN2O7. The molecule has 43 heavy (non-hydrogen) atoms. The SMILES string of the molecule is COc1cc(C=O)cc(I)c1O[C@H]1C=C(C(=O)NCCO)C[C@@H](N(CC23CC4CC(CC(C4)C2)C3)C(=O)CC(C)C)[C@@H]1O. The maximum absolute atomic E-state index is 14.0. The number of ether oxygens (including phenoxy) is 2. The first-order valence-corrected chi connectivity index (χ1v) is 16.7. The first-order chi connectivity index (χ1) is 20.5. The Balaban J connectivity index is 1.50. The maximum atomic E-state index is 14.0. The Kier molecular flexibility index (Phi) is 10.1. The van der Waals surface area contributed by atoms with E-state index < -0.39 is 18.2 Å². The molecule has 9 nitrogen and oxygen atoms in total. The summed E-state index contributed by atoms with van der Waals surface area (Å²) in [5.41, 5.74) is 0.873. The minimum absolute atomic E-state index is 0.00643. The number of methoxy groups -OCH3 is 1. The topological polar surface area (TPSA) is 125 Å². The lowest BCUT2D eigenvalue weighted by Crippen LogP contribution is -2.59. The van der Waals surface area contributed by atoms with Crippen molar-refractivity contribution in [2.24, 2.45) is 29.1 Å². The van der Waals surface area contributed by atoms with Crippen molar-refractivity contribution in [3.05, 3.63) is 32.9 Å². The Bertz CT molecular complexity index is 1210. The van der Waals surface area contributed by atoms with Crippen molar-refractivity contribution in [3.63, 3.8) is 0 Å². The molecule has 5 aliphatic carbocycles. The fraction of sp³-hybridized carbons (Fsp3) is 0.667. The molecule has 0 unspecified atom stereocenters. The highest BCUT2D eigenvalue weighted by molar-refractivity contribution is 14.1. The summed E-state index contributed by atoms with van der Waals surface area (Å²) in [7, 11) is 1.48. The highest BCUT2D eigenvalue weighted by Gasteiger charge is 2.53. The van der Waals surface area contributed by atoms with E-state index in [0.29, 0.717) is 56.9 Å². The predicted octanol–water partition coefficient (Wildman–Crippen LogP) is 4.12. The van der Waals surface area contributed by atoms with Crippen LogP contribution in [0, 0.1) is 32.7 Å². The number of amides is 2. The summed E-state index contributed by atoms with van der Waals surface area (Å²) in [6.07, 6.45) is 8.06. The second kappa shape index (κ2) is 13.4. The molecule has 0 spiro atoms. The number of halogens is 1. The number of carbonyl (C=O) groups excluding carboxylic acids is 3. The van der Waals surface area contributed by atoms with Crippen LogP contribution in [0.2, 0.25) is 0 Å². The molecule has 3 N–H and O–H groups in total. The van der Waals surface area contributed by atoms with E-state index in [1.165, 1.54) is 26.4 Å². The summed E-state index contributed by atoms with van der Waals surface area (Å²) in [5, 5.41) is 24.0. The fourth-order valence-electron chi connectivity index (χ4n) is 8.54. The second-order valence-corrected chi connectivity index (χ2v) is 14.9. The van der Waals surface area contributed by atoms with Crippen LogP contribution in [0.1, 0.15) is 75.6 Å². The first-order valence-electron chi connectivity index (χ1n) is 15.6. The number of benzene rings is 1. The minimum atomic E-state index is -1.11. The van der Waals surface area contributed by atoms with Gasteiger partial charge in [0.2, 0.25) is 11.8 Å². The van der Waals surface area contributed by atoms with Gasteiger partial charge in [-0.2, -0.15) is 0 Å². The molecule has 4 saturated carbocycles. The third-order valence-corrected chi connectivity index (χ3v) is 10.6. The molecule has 0 radical (unpaired) electrons. The average molecular weight is 709 g/mol. The third-order valence-electron chi connectivity index (χ3n) is 9.83. The molecule has 1 aromatic rings. The number of nitrogens with one attached hydrogen (secondary N) is 1. The lowest BCUT2D eigenvalue weighted by atomic mass is 9.49. The average Bonchev–Trinajstić information content (AvgIpc) is 2.95. The van der Waals surface area contributed by atoms with Crippen LogP contribution in [0.4, 0.5) is 0 Å². The number of carbonyl (C=O) groups is 3. The Morgan fingerprint density at radius 2 is 1.81 bits per heavy atom. The van der Waals surface area contributed by atoms with Gasteiger partial charge in [0.25, 0.3) is 0 Å². The van der Waals surface area contributed by atoms with Gasteiger partial charge in [-0.3, -0.25) is 14.4 Å². The lowest BCUT2D eigenvalue weighted by Gasteiger charge is -2.58. The molecule has 0 saturated heterocycles. The van der Waals surface area contributed by atoms with Crippen LogP contribution in [0.3, 0.4) is 0 Å². The van der Waals surface area contributed by atoms with E-state index in [9.17, 15) is 24.6 Å². The third kappa shape index (κ3) is 7.06. The summed E-state index contributed by atoms with van der Waals surface area (Å²) in [5.74, 6) is 2.61. The van der Waals surface area contributed by atoms with Crippen molar-refractivity contribution in [1.29, 1.82) is 0 Å². The van der Waals surface area contributed by atoms with Gasteiger partial charge in [-0.25, -0.2) is 0 Å². The van der Waals surface area contributed by atoms with Crippen molar-refractivity contribution in [2.75, 3.05) is 26.8 Å². The molecule has 2 amide bonds. The molecule has 236 valence electrons. The van der Waals surface area contributed by atoms with E-state index in [4.69, 9.17) is 9.47 Å². The molecule has 0 heterocycles. The minimum Gasteiger partial charge on any atom is -0.493 e. The van der Waals surface area contributed by atoms with Gasteiger partial charge in [0.05, 0.1) is 23.3 Å². The molecule has 0 aromatic heterocycles. The van der Waals surface area contributed by atoms with Crippen molar-refractivity contribution < 1.29 is 34.1 Å². The van der Waals surface area contributed by atoms with Crippen LogP contribution in [-0.4, -0.2) is 78.3 Å². The summed E-state index contributed by atoms with van der Waals surface area (Å²) in [6, 6.07) is 2.57. The van der Waals surface area contributed by atoms with Gasteiger partial charge in [0.1, 0.15) is 18.5 Å². The molecule has 10 heteroatoms. The van der Waals surface area contributed by atoms with Gasteiger partial charge in [-0.1, -0.05) is 13.8 Å². The van der Waals surface area contributed by atoms with Crippen molar-refractivity contribution in [2.45, 2.75) is 83.5 Å². The van der Waals surface area contributed by atoms with Crippen molar-refractivity contribution in [3.8, 4) is 11.5 Å². The van der Waals surface area contributed by atoms with Gasteiger partial charge >= 0.3 is 0 Å². The maximum Gasteiger partial charge on any atom is 0.247 e. The molecule has 4 fully saturated rings. The summed E-state index contributed by atoms with van der Waals surface area (Å²) >= 11 is 2.06. The van der Waals surface area contributed by atoms with Crippen molar-refractivity contribution >= 4 is 40.7 Å². The molecule has 0 aliphatic heterocycles. The van der Waals surface area contributed by atoms with Crippen LogP contribution in [0.15, 0.2) is 23.8 Å². The standard InChI is InChI=1S/C33H45IN2O7/c1-19(2)6-29(39)36(18-33-14-20-7-21(15-33)9-22(8-20)16-33)26-12-24(32(41)35-4-5-37)13-27(30(26)40)43-31-25(34)10-23(17-38)11-28(31)42-3/h10-11,13,17,19-22,26-27,30,37,40H,4-9,12,14-16,18H2,1-3H3,(H,35,41)/t20?,21?,22?,26-,27+,30+,33?/m1/s1. The van der Waals surface area contributed by atoms with Crippen LogP contribution >= 0.6 is 22.6 Å². The van der Waals surface area contributed by atoms with Gasteiger partial charge in [0.15, 0.2) is 11.5 Å². The zero-order valence-corrected chi connectivity index (χ0v) is 27.5. The highest BCUT2D eigenvalue weighted by Crippen LogP contribution is 2.60. The van der Waals surface area contributed by atoms with Crippen molar-refractivity contribution in [1.82, 2.24) is 10.2 Å². The summed E-state index contributed by atoms with van der Waals surface area (Å²) in [6.45, 7) is 4.52. The molecule has 6 rings (SSSR count).